The van der Waals surface area contributed by atoms with Gasteiger partial charge in [0.2, 0.25) is 0 Å². The Morgan fingerprint density at radius 1 is 1.03 bits per heavy atom. The van der Waals surface area contributed by atoms with Crippen LogP contribution in [0.15, 0.2) is 48.8 Å². The Bertz CT molecular complexity index is 1120. The van der Waals surface area contributed by atoms with Crippen LogP contribution in [0.25, 0.3) is 10.9 Å². The number of piperazine rings is 1. The number of aromatic nitrogens is 2. The summed E-state index contributed by atoms with van der Waals surface area (Å²) < 4.78 is 10.8. The van der Waals surface area contributed by atoms with Gasteiger partial charge in [-0.1, -0.05) is 30.3 Å². The van der Waals surface area contributed by atoms with Crippen LogP contribution in [-0.2, 0) is 0 Å². The van der Waals surface area contributed by atoms with Crippen molar-refractivity contribution < 1.29 is 14.3 Å². The van der Waals surface area contributed by atoms with Crippen LogP contribution in [-0.4, -0.2) is 72.7 Å². The van der Waals surface area contributed by atoms with Crippen LogP contribution in [0.1, 0.15) is 10.4 Å². The number of rotatable bonds is 6. The van der Waals surface area contributed by atoms with Crippen LogP contribution in [0.2, 0.25) is 0 Å². The van der Waals surface area contributed by atoms with Gasteiger partial charge in [0, 0.05) is 43.2 Å². The standard InChI is InChI=1S/C23H25N5O3S/c1-30-20-12-17-18(13-21(20)31-2)25-15-26-22(17)27-8-10-28(11-9-27)23(32)24-14-19(29)16-6-4-3-5-7-16/h3-7,12-13,15H,8-11,14H2,1-2H3,(H,24,32). The lowest BCUT2D eigenvalue weighted by molar-refractivity contribution is 0.0995. The molecular formula is C23H25N5O3S. The quantitative estimate of drug-likeness (QED) is 0.449. The van der Waals surface area contributed by atoms with E-state index in [0.717, 1.165) is 42.9 Å². The lowest BCUT2D eigenvalue weighted by Gasteiger charge is -2.37. The van der Waals surface area contributed by atoms with Crippen molar-refractivity contribution >= 4 is 39.8 Å². The van der Waals surface area contributed by atoms with Gasteiger partial charge in [-0.15, -0.1) is 0 Å². The molecule has 1 aromatic heterocycles. The Labute approximate surface area is 192 Å². The summed E-state index contributed by atoms with van der Waals surface area (Å²) in [5.41, 5.74) is 1.47. The van der Waals surface area contributed by atoms with Crippen molar-refractivity contribution in [2.75, 3.05) is 51.8 Å². The molecule has 0 aliphatic carbocycles. The number of methoxy groups -OCH3 is 2. The summed E-state index contributed by atoms with van der Waals surface area (Å²) >= 11 is 5.52. The number of ether oxygens (including phenoxy) is 2. The van der Waals surface area contributed by atoms with Gasteiger partial charge in [0.05, 0.1) is 26.3 Å². The Balaban J connectivity index is 1.40. The number of nitrogens with one attached hydrogen (secondary N) is 1. The van der Waals surface area contributed by atoms with E-state index in [9.17, 15) is 4.79 Å². The molecule has 1 aliphatic heterocycles. The predicted molar refractivity (Wildman–Crippen MR) is 128 cm³/mol. The largest absolute Gasteiger partial charge is 0.493 e. The smallest absolute Gasteiger partial charge is 0.181 e. The first-order chi connectivity index (χ1) is 15.6. The molecule has 32 heavy (non-hydrogen) atoms. The fraction of sp³-hybridized carbons (Fsp3) is 0.304. The number of Topliss-reactive ketones (excluding diaryl/α,β-unsaturated/α-hetero) is 1. The Hall–Kier alpha value is -3.46. The number of hydrogen-bond donors (Lipinski definition) is 1. The molecule has 1 aliphatic rings. The van der Waals surface area contributed by atoms with Gasteiger partial charge in [0.25, 0.3) is 0 Å². The molecule has 0 atom stereocenters. The molecule has 0 saturated carbocycles. The van der Waals surface area contributed by atoms with Gasteiger partial charge in [0.1, 0.15) is 12.1 Å². The maximum Gasteiger partial charge on any atom is 0.181 e. The maximum atomic E-state index is 12.3. The highest BCUT2D eigenvalue weighted by Crippen LogP contribution is 2.34. The molecule has 8 nitrogen and oxygen atoms in total. The minimum absolute atomic E-state index is 0.0171. The average molecular weight is 452 g/mol. The van der Waals surface area contributed by atoms with Crippen molar-refractivity contribution in [1.29, 1.82) is 0 Å². The van der Waals surface area contributed by atoms with Crippen LogP contribution in [0.4, 0.5) is 5.82 Å². The lowest BCUT2D eigenvalue weighted by Crippen LogP contribution is -2.52. The number of nitrogens with zero attached hydrogens (tertiary/aromatic N) is 4. The van der Waals surface area contributed by atoms with Gasteiger partial charge in [-0.3, -0.25) is 4.79 Å². The van der Waals surface area contributed by atoms with Crippen molar-refractivity contribution in [3.8, 4) is 11.5 Å². The average Bonchev–Trinajstić information content (AvgIpc) is 2.86. The molecule has 3 aromatic rings. The number of hydrogen-bond acceptors (Lipinski definition) is 7. The Morgan fingerprint density at radius 2 is 1.72 bits per heavy atom. The molecule has 4 rings (SSSR count). The predicted octanol–water partition coefficient (Wildman–Crippen LogP) is 2.53. The zero-order chi connectivity index (χ0) is 22.5. The second-order valence-corrected chi connectivity index (χ2v) is 7.73. The van der Waals surface area contributed by atoms with E-state index in [1.165, 1.54) is 0 Å². The molecule has 2 aromatic carbocycles. The molecule has 1 saturated heterocycles. The molecule has 1 N–H and O–H groups in total. The van der Waals surface area contributed by atoms with Gasteiger partial charge < -0.3 is 24.6 Å². The third-order valence-electron chi connectivity index (χ3n) is 5.48. The normalized spacial score (nSPS) is 13.7. The SMILES string of the molecule is COc1cc2ncnc(N3CCN(C(=S)NCC(=O)c4ccccc4)CC3)c2cc1OC. The van der Waals surface area contributed by atoms with Crippen molar-refractivity contribution in [2.45, 2.75) is 0 Å². The highest BCUT2D eigenvalue weighted by Gasteiger charge is 2.22. The minimum Gasteiger partial charge on any atom is -0.493 e. The number of thiocarbonyl (C=S) groups is 1. The molecule has 2 heterocycles. The first-order valence-corrected chi connectivity index (χ1v) is 10.7. The van der Waals surface area contributed by atoms with Gasteiger partial charge in [-0.25, -0.2) is 9.97 Å². The second kappa shape index (κ2) is 9.78. The maximum absolute atomic E-state index is 12.3. The summed E-state index contributed by atoms with van der Waals surface area (Å²) in [6.07, 6.45) is 1.57. The number of benzene rings is 2. The number of anilines is 1. The first-order valence-electron chi connectivity index (χ1n) is 10.3. The van der Waals surface area contributed by atoms with Gasteiger partial charge in [0.15, 0.2) is 22.4 Å². The zero-order valence-corrected chi connectivity index (χ0v) is 18.9. The Kier molecular flexibility index (Phi) is 6.65. The van der Waals surface area contributed by atoms with E-state index >= 15 is 0 Å². The molecule has 0 unspecified atom stereocenters. The van der Waals surface area contributed by atoms with E-state index in [0.29, 0.717) is 22.2 Å². The summed E-state index contributed by atoms with van der Waals surface area (Å²) in [7, 11) is 3.22. The van der Waals surface area contributed by atoms with Crippen LogP contribution in [0.3, 0.4) is 0 Å². The molecule has 1 fully saturated rings. The monoisotopic (exact) mass is 451 g/mol. The number of ketones is 1. The van der Waals surface area contributed by atoms with E-state index in [-0.39, 0.29) is 12.3 Å². The topological polar surface area (TPSA) is 79.8 Å². The third kappa shape index (κ3) is 4.57. The van der Waals surface area contributed by atoms with Crippen LogP contribution in [0.5, 0.6) is 11.5 Å². The van der Waals surface area contributed by atoms with Gasteiger partial charge >= 0.3 is 0 Å². The summed E-state index contributed by atoms with van der Waals surface area (Å²) in [6.45, 7) is 3.12. The van der Waals surface area contributed by atoms with Crippen LogP contribution < -0.4 is 19.7 Å². The van der Waals surface area contributed by atoms with E-state index < -0.39 is 0 Å². The molecule has 0 amide bonds. The number of carbonyl (C=O) groups is 1. The van der Waals surface area contributed by atoms with Gasteiger partial charge in [-0.05, 0) is 18.3 Å². The van der Waals surface area contributed by atoms with Crippen molar-refractivity contribution in [2.24, 2.45) is 0 Å². The highest BCUT2D eigenvalue weighted by atomic mass is 32.1. The van der Waals surface area contributed by atoms with Crippen molar-refractivity contribution in [3.63, 3.8) is 0 Å². The first kappa shape index (κ1) is 21.8. The fourth-order valence-electron chi connectivity index (χ4n) is 3.74. The zero-order valence-electron chi connectivity index (χ0n) is 18.1. The molecule has 0 radical (unpaired) electrons. The molecule has 9 heteroatoms. The molecule has 166 valence electrons. The van der Waals surface area contributed by atoms with E-state index in [1.807, 2.05) is 42.5 Å². The van der Waals surface area contributed by atoms with Crippen LogP contribution >= 0.6 is 12.2 Å². The Morgan fingerprint density at radius 3 is 2.41 bits per heavy atom. The van der Waals surface area contributed by atoms with Gasteiger partial charge in [-0.2, -0.15) is 0 Å². The number of fused-ring (bicyclic) bond motifs is 1. The molecule has 0 bridgehead atoms. The summed E-state index contributed by atoms with van der Waals surface area (Å²) in [5, 5.41) is 4.60. The van der Waals surface area contributed by atoms with E-state index in [4.69, 9.17) is 21.7 Å². The van der Waals surface area contributed by atoms with Crippen molar-refractivity contribution in [3.05, 3.63) is 54.4 Å². The molecule has 0 spiro atoms. The fourth-order valence-corrected chi connectivity index (χ4v) is 3.99. The summed E-state index contributed by atoms with van der Waals surface area (Å²) in [5.74, 6) is 2.15. The van der Waals surface area contributed by atoms with Crippen molar-refractivity contribution in [1.82, 2.24) is 20.2 Å². The molecular weight excluding hydrogens is 426 g/mol. The second-order valence-electron chi connectivity index (χ2n) is 7.34. The third-order valence-corrected chi connectivity index (χ3v) is 5.88. The van der Waals surface area contributed by atoms with E-state index in [1.54, 1.807) is 20.5 Å². The summed E-state index contributed by atoms with van der Waals surface area (Å²) in [4.78, 5) is 25.5. The summed E-state index contributed by atoms with van der Waals surface area (Å²) in [6, 6.07) is 13.0. The number of carbonyl (C=O) groups excluding carboxylic acids is 1. The minimum atomic E-state index is 0.0171. The van der Waals surface area contributed by atoms with E-state index in [2.05, 4.69) is 25.1 Å². The lowest BCUT2D eigenvalue weighted by atomic mass is 10.1. The van der Waals surface area contributed by atoms with Crippen LogP contribution in [0, 0.1) is 0 Å². The highest BCUT2D eigenvalue weighted by molar-refractivity contribution is 7.80.